The maximum absolute atomic E-state index is 13.4. The molecule has 1 heterocycles. The van der Waals surface area contributed by atoms with Crippen LogP contribution in [0.3, 0.4) is 0 Å². The molecule has 0 radical (unpaired) electrons. The molecule has 0 atom stereocenters. The highest BCUT2D eigenvalue weighted by Gasteiger charge is 2.23. The molecule has 1 N–H and O–H groups in total. The zero-order valence-corrected chi connectivity index (χ0v) is 19.1. The van der Waals surface area contributed by atoms with Gasteiger partial charge in [-0.1, -0.05) is 17.4 Å². The van der Waals surface area contributed by atoms with Crippen LogP contribution in [-0.2, 0) is 0 Å². The molecular formula is C23H30N3O3S+. The molecule has 6 nitrogen and oxygen atoms in total. The first-order valence-electron chi connectivity index (χ1n) is 10.2. The molecule has 0 aliphatic rings. The number of quaternary nitrogens is 1. The fourth-order valence-electron chi connectivity index (χ4n) is 3.27. The number of nitrogens with one attached hydrogen (secondary N) is 1. The van der Waals surface area contributed by atoms with Crippen LogP contribution in [-0.4, -0.2) is 51.8 Å². The van der Waals surface area contributed by atoms with Crippen LogP contribution < -0.4 is 19.3 Å². The van der Waals surface area contributed by atoms with Crippen LogP contribution >= 0.6 is 11.3 Å². The Bertz CT molecular complexity index is 999. The summed E-state index contributed by atoms with van der Waals surface area (Å²) in [5.74, 6) is 1.43. The lowest BCUT2D eigenvalue weighted by atomic mass is 10.2. The van der Waals surface area contributed by atoms with E-state index in [4.69, 9.17) is 14.5 Å². The van der Waals surface area contributed by atoms with E-state index in [0.29, 0.717) is 23.8 Å². The van der Waals surface area contributed by atoms with E-state index in [9.17, 15) is 4.79 Å². The number of methoxy groups -OCH3 is 1. The first kappa shape index (κ1) is 22.1. The number of rotatable bonds is 9. The predicted octanol–water partition coefficient (Wildman–Crippen LogP) is 3.19. The number of thiazole rings is 1. The quantitative estimate of drug-likeness (QED) is 0.569. The molecule has 0 saturated carbocycles. The third kappa shape index (κ3) is 4.91. The Labute approximate surface area is 182 Å². The predicted molar refractivity (Wildman–Crippen MR) is 122 cm³/mol. The molecule has 1 aromatic heterocycles. The van der Waals surface area contributed by atoms with E-state index in [1.165, 1.54) is 16.2 Å². The van der Waals surface area contributed by atoms with Crippen LogP contribution in [0.25, 0.3) is 10.2 Å². The van der Waals surface area contributed by atoms with Crippen molar-refractivity contribution in [1.82, 2.24) is 4.98 Å². The van der Waals surface area contributed by atoms with Gasteiger partial charge in [0.2, 0.25) is 0 Å². The van der Waals surface area contributed by atoms with E-state index in [1.807, 2.05) is 43.3 Å². The zero-order chi connectivity index (χ0) is 21.7. The molecule has 0 unspecified atom stereocenters. The number of hydrogen-bond donors (Lipinski definition) is 1. The first-order valence-corrected chi connectivity index (χ1v) is 11.0. The highest BCUT2D eigenvalue weighted by molar-refractivity contribution is 7.22. The van der Waals surface area contributed by atoms with Crippen molar-refractivity contribution in [2.45, 2.75) is 20.3 Å². The van der Waals surface area contributed by atoms with E-state index in [-0.39, 0.29) is 5.91 Å². The third-order valence-corrected chi connectivity index (χ3v) is 6.07. The fourth-order valence-corrected chi connectivity index (χ4v) is 4.35. The lowest BCUT2D eigenvalue weighted by molar-refractivity contribution is -0.858. The molecule has 1 amide bonds. The maximum Gasteiger partial charge on any atom is 0.260 e. The summed E-state index contributed by atoms with van der Waals surface area (Å²) < 4.78 is 12.0. The van der Waals surface area contributed by atoms with Gasteiger partial charge in [-0.05, 0) is 49.7 Å². The number of amides is 1. The molecule has 2 aromatic carbocycles. The second-order valence-corrected chi connectivity index (χ2v) is 8.46. The van der Waals surface area contributed by atoms with Crippen molar-refractivity contribution < 1.29 is 19.2 Å². The summed E-state index contributed by atoms with van der Waals surface area (Å²) >= 11 is 1.54. The molecule has 160 valence electrons. The van der Waals surface area contributed by atoms with Gasteiger partial charge in [0.15, 0.2) is 5.13 Å². The maximum atomic E-state index is 13.4. The van der Waals surface area contributed by atoms with Gasteiger partial charge in [0.1, 0.15) is 17.0 Å². The number of carbonyl (C=O) groups excluding carboxylic acids is 1. The summed E-state index contributed by atoms with van der Waals surface area (Å²) in [5, 5.41) is 0.699. The fraction of sp³-hybridized carbons (Fsp3) is 0.391. The highest BCUT2D eigenvalue weighted by atomic mass is 32.1. The highest BCUT2D eigenvalue weighted by Crippen LogP contribution is 2.37. The van der Waals surface area contributed by atoms with Crippen LogP contribution in [0, 0.1) is 6.92 Å². The normalized spacial score (nSPS) is 11.1. The second-order valence-electron chi connectivity index (χ2n) is 7.48. The van der Waals surface area contributed by atoms with Crippen LogP contribution in [0.2, 0.25) is 0 Å². The van der Waals surface area contributed by atoms with E-state index in [2.05, 4.69) is 21.0 Å². The summed E-state index contributed by atoms with van der Waals surface area (Å²) in [6, 6.07) is 11.3. The number of aromatic nitrogens is 1. The van der Waals surface area contributed by atoms with Crippen LogP contribution in [0.4, 0.5) is 5.13 Å². The molecule has 0 spiro atoms. The Hall–Kier alpha value is -2.64. The smallest absolute Gasteiger partial charge is 0.260 e. The average molecular weight is 429 g/mol. The Morgan fingerprint density at radius 3 is 2.53 bits per heavy atom. The molecule has 3 aromatic rings. The van der Waals surface area contributed by atoms with Crippen molar-refractivity contribution in [3.05, 3.63) is 47.5 Å². The third-order valence-electron chi connectivity index (χ3n) is 4.86. The van der Waals surface area contributed by atoms with Gasteiger partial charge in [-0.15, -0.1) is 0 Å². The van der Waals surface area contributed by atoms with Crippen molar-refractivity contribution in [3.63, 3.8) is 0 Å². The minimum Gasteiger partial charge on any atom is -0.494 e. The van der Waals surface area contributed by atoms with Gasteiger partial charge in [-0.2, -0.15) is 0 Å². The van der Waals surface area contributed by atoms with Crippen molar-refractivity contribution in [2.24, 2.45) is 0 Å². The van der Waals surface area contributed by atoms with Crippen molar-refractivity contribution >= 4 is 32.6 Å². The Balaban J connectivity index is 1.96. The number of anilines is 1. The van der Waals surface area contributed by atoms with E-state index >= 15 is 0 Å². The van der Waals surface area contributed by atoms with Gasteiger partial charge >= 0.3 is 0 Å². The summed E-state index contributed by atoms with van der Waals surface area (Å²) in [6.45, 7) is 6.17. The molecule has 0 aliphatic heterocycles. The van der Waals surface area contributed by atoms with Crippen LogP contribution in [0.15, 0.2) is 36.4 Å². The van der Waals surface area contributed by atoms with Crippen LogP contribution in [0.5, 0.6) is 11.5 Å². The summed E-state index contributed by atoms with van der Waals surface area (Å²) in [5.41, 5.74) is 2.56. The van der Waals surface area contributed by atoms with E-state index in [0.717, 1.165) is 40.2 Å². The second kappa shape index (κ2) is 9.91. The molecule has 0 aliphatic carbocycles. The Kier molecular flexibility index (Phi) is 7.29. The van der Waals surface area contributed by atoms with E-state index < -0.39 is 0 Å². The topological polar surface area (TPSA) is 56.1 Å². The SMILES string of the molecule is CCOc1ccc(C(=O)N(CCC[NH+](C)C)c2nc3c(OC)ccc(C)c3s2)cc1. The van der Waals surface area contributed by atoms with Gasteiger partial charge < -0.3 is 14.4 Å². The summed E-state index contributed by atoms with van der Waals surface area (Å²) in [6.07, 6.45) is 0.886. The lowest BCUT2D eigenvalue weighted by Gasteiger charge is -2.20. The standard InChI is InChI=1S/C23H29N3O3S/c1-6-29-18-11-9-17(10-12-18)22(27)26(15-7-14-25(3)4)23-24-20-19(28-5)13-8-16(2)21(20)30-23/h8-13H,6-7,14-15H2,1-5H3/p+1. The largest absolute Gasteiger partial charge is 0.494 e. The first-order chi connectivity index (χ1) is 14.4. The summed E-state index contributed by atoms with van der Waals surface area (Å²) in [7, 11) is 5.88. The lowest BCUT2D eigenvalue weighted by Crippen LogP contribution is -3.05. The number of fused-ring (bicyclic) bond motifs is 1. The number of aryl methyl sites for hydroxylation is 1. The van der Waals surface area contributed by atoms with E-state index in [1.54, 1.807) is 12.0 Å². The molecule has 0 bridgehead atoms. The zero-order valence-electron chi connectivity index (χ0n) is 18.3. The van der Waals surface area contributed by atoms with Gasteiger partial charge in [0.25, 0.3) is 5.91 Å². The van der Waals surface area contributed by atoms with Gasteiger partial charge in [0.05, 0.1) is 39.1 Å². The molecule has 7 heteroatoms. The summed E-state index contributed by atoms with van der Waals surface area (Å²) in [4.78, 5) is 21.4. The van der Waals surface area contributed by atoms with Crippen molar-refractivity contribution in [2.75, 3.05) is 45.8 Å². The average Bonchev–Trinajstić information content (AvgIpc) is 3.18. The monoisotopic (exact) mass is 428 g/mol. The number of carbonyl (C=O) groups is 1. The molecule has 0 saturated heterocycles. The van der Waals surface area contributed by atoms with Gasteiger partial charge in [-0.3, -0.25) is 9.69 Å². The number of hydrogen-bond acceptors (Lipinski definition) is 5. The van der Waals surface area contributed by atoms with Crippen molar-refractivity contribution in [1.29, 1.82) is 0 Å². The number of benzene rings is 2. The minimum absolute atomic E-state index is 0.0533. The Morgan fingerprint density at radius 2 is 1.90 bits per heavy atom. The molecular weight excluding hydrogens is 398 g/mol. The molecule has 0 fully saturated rings. The van der Waals surface area contributed by atoms with Crippen LogP contribution in [0.1, 0.15) is 29.3 Å². The minimum atomic E-state index is -0.0533. The molecule has 30 heavy (non-hydrogen) atoms. The van der Waals surface area contributed by atoms with Crippen molar-refractivity contribution in [3.8, 4) is 11.5 Å². The Morgan fingerprint density at radius 1 is 1.17 bits per heavy atom. The number of nitrogens with zero attached hydrogens (tertiary/aromatic N) is 2. The number of ether oxygens (including phenoxy) is 2. The molecule has 3 rings (SSSR count). The van der Waals surface area contributed by atoms with Gasteiger partial charge in [-0.25, -0.2) is 4.98 Å². The van der Waals surface area contributed by atoms with Gasteiger partial charge in [0, 0.05) is 18.5 Å².